The van der Waals surface area contributed by atoms with Gasteiger partial charge >= 0.3 is 0 Å². The third kappa shape index (κ3) is 17.6. The minimum absolute atomic E-state index is 0. The molecule has 0 fully saturated rings. The van der Waals surface area contributed by atoms with Crippen molar-refractivity contribution in [2.24, 2.45) is 4.99 Å². The van der Waals surface area contributed by atoms with Gasteiger partial charge < -0.3 is 14.2 Å². The minimum atomic E-state index is 0. The highest BCUT2D eigenvalue weighted by Gasteiger charge is 2.01. The fourth-order valence-corrected chi connectivity index (χ4v) is 6.14. The van der Waals surface area contributed by atoms with Gasteiger partial charge in [-0.05, 0) is 106 Å². The van der Waals surface area contributed by atoms with Crippen molar-refractivity contribution in [3.8, 4) is 36.0 Å². The average molecular weight is 863 g/mol. The van der Waals surface area contributed by atoms with Crippen molar-refractivity contribution in [2.45, 2.75) is 74.7 Å². The molecule has 8 heteroatoms. The number of hydrogen-bond acceptors (Lipinski definition) is 8. The van der Waals surface area contributed by atoms with Gasteiger partial charge in [0.1, 0.15) is 17.2 Å². The molecule has 8 rings (SSSR count). The number of ether oxygens (including phenoxy) is 3. The van der Waals surface area contributed by atoms with E-state index in [1.54, 1.807) is 55.2 Å². The number of aryl methyl sites for hydroxylation is 4. The molecule has 0 unspecified atom stereocenters. The fourth-order valence-electron chi connectivity index (χ4n) is 6.14. The van der Waals surface area contributed by atoms with Gasteiger partial charge in [0.15, 0.2) is 0 Å². The summed E-state index contributed by atoms with van der Waals surface area (Å²) in [5.74, 6) is 1.68. The largest absolute Gasteiger partial charge is 0.388 e. The summed E-state index contributed by atoms with van der Waals surface area (Å²) in [6.45, 7) is 12.7. The molecule has 0 saturated heterocycles. The molecule has 0 amide bonds. The number of nitrogens with zero attached hydrogens (tertiary/aromatic N) is 4. The summed E-state index contributed by atoms with van der Waals surface area (Å²) < 4.78 is 14.4. The molecule has 8 aromatic rings. The zero-order chi connectivity index (χ0) is 46.4. The molecular weight excluding hydrogens is 805 g/mol. The minimum Gasteiger partial charge on any atom is -0.388 e. The zero-order valence-electron chi connectivity index (χ0n) is 37.4. The standard InChI is InChI=1S/C12H6N2O2.2C11H7NO.2C10H14.C2H6.CH4/c13-7-16-12-4-2-9-1-3-11(14-8-15)5-10(9)6-12;2*12-8-13-11-7-3-5-9-4-1-2-6-10(9)11;2*1-3-9-5-7-10(4-2)8-6-9;1-2;/h1-6H;2*1-7H;2*5-8H,3-4H2,1-2H3;1-2H3;1H4. The van der Waals surface area contributed by atoms with E-state index in [0.717, 1.165) is 58.0 Å². The molecule has 0 aliphatic carbocycles. The Balaban J connectivity index is 0.000000278. The number of aliphatic imine (C=N–C) groups is 1. The van der Waals surface area contributed by atoms with E-state index in [0.29, 0.717) is 22.9 Å². The molecule has 0 saturated carbocycles. The second kappa shape index (κ2) is 30.8. The number of nitriles is 3. The Morgan fingerprint density at radius 3 is 1.20 bits per heavy atom. The SMILES string of the molecule is C.CC.CCc1ccc(CC)cc1.CCc1ccc(CC)cc1.N#COc1ccc2ccc(N=C=O)cc2c1.N#COc1cccc2ccccc12.N#COc1cccc2ccccc12. The van der Waals surface area contributed by atoms with Gasteiger partial charge in [-0.3, -0.25) is 0 Å². The first-order valence-electron chi connectivity index (χ1n) is 21.3. The molecule has 0 N–H and O–H groups in total. The van der Waals surface area contributed by atoms with Crippen molar-refractivity contribution in [2.75, 3.05) is 0 Å². The Morgan fingerprint density at radius 2 is 0.815 bits per heavy atom. The maximum absolute atomic E-state index is 10.1. The molecule has 8 nitrogen and oxygen atoms in total. The molecule has 0 heterocycles. The summed E-state index contributed by atoms with van der Waals surface area (Å²) in [4.78, 5) is 13.6. The highest BCUT2D eigenvalue weighted by molar-refractivity contribution is 5.89. The highest BCUT2D eigenvalue weighted by Crippen LogP contribution is 2.27. The predicted molar refractivity (Wildman–Crippen MR) is 267 cm³/mol. The monoisotopic (exact) mass is 862 g/mol. The van der Waals surface area contributed by atoms with Gasteiger partial charge in [0, 0.05) is 10.8 Å². The quantitative estimate of drug-likeness (QED) is 0.0845. The van der Waals surface area contributed by atoms with Crippen molar-refractivity contribution in [1.29, 1.82) is 15.8 Å². The van der Waals surface area contributed by atoms with E-state index in [-0.39, 0.29) is 7.43 Å². The van der Waals surface area contributed by atoms with E-state index in [2.05, 4.69) is 81.2 Å². The van der Waals surface area contributed by atoms with Crippen molar-refractivity contribution in [3.63, 3.8) is 0 Å². The highest BCUT2D eigenvalue weighted by atomic mass is 16.5. The molecule has 0 radical (unpaired) electrons. The van der Waals surface area contributed by atoms with Gasteiger partial charge in [-0.1, -0.05) is 182 Å². The summed E-state index contributed by atoms with van der Waals surface area (Å²) in [6.07, 6.45) is 11.0. The van der Waals surface area contributed by atoms with Crippen LogP contribution in [0.4, 0.5) is 5.69 Å². The van der Waals surface area contributed by atoms with Crippen LogP contribution in [0.5, 0.6) is 17.2 Å². The maximum Gasteiger partial charge on any atom is 0.292 e. The van der Waals surface area contributed by atoms with Crippen molar-refractivity contribution in [3.05, 3.63) is 192 Å². The molecule has 0 aliphatic rings. The lowest BCUT2D eigenvalue weighted by molar-refractivity contribution is 0.508. The summed E-state index contributed by atoms with van der Waals surface area (Å²) in [6, 6.07) is 55.1. The number of fused-ring (bicyclic) bond motifs is 3. The number of carbonyl (C=O) groups excluding carboxylic acids is 1. The Labute approximate surface area is 385 Å². The molecule has 0 aliphatic heterocycles. The zero-order valence-corrected chi connectivity index (χ0v) is 37.4. The molecule has 330 valence electrons. The summed E-state index contributed by atoms with van der Waals surface area (Å²) >= 11 is 0. The average Bonchev–Trinajstić information content (AvgIpc) is 3.36. The lowest BCUT2D eigenvalue weighted by Gasteiger charge is -2.00. The van der Waals surface area contributed by atoms with Crippen molar-refractivity contribution >= 4 is 44.1 Å². The lowest BCUT2D eigenvalue weighted by Crippen LogP contribution is -1.82. The van der Waals surface area contributed by atoms with E-state index in [1.807, 2.05) is 98.8 Å². The van der Waals surface area contributed by atoms with Crippen LogP contribution in [-0.4, -0.2) is 6.08 Å². The molecule has 0 spiro atoms. The number of benzene rings is 8. The summed E-state index contributed by atoms with van der Waals surface area (Å²) in [5.41, 5.74) is 6.24. The Kier molecular flexibility index (Phi) is 25.0. The van der Waals surface area contributed by atoms with Crippen LogP contribution in [0.2, 0.25) is 0 Å². The van der Waals surface area contributed by atoms with Crippen LogP contribution in [0.25, 0.3) is 32.3 Å². The topological polar surface area (TPSA) is 128 Å². The van der Waals surface area contributed by atoms with Gasteiger partial charge in [-0.15, -0.1) is 15.8 Å². The van der Waals surface area contributed by atoms with E-state index in [1.165, 1.54) is 28.3 Å². The molecular formula is C57H58N4O4. The normalized spacial score (nSPS) is 9.15. The molecule has 0 aromatic heterocycles. The van der Waals surface area contributed by atoms with E-state index in [4.69, 9.17) is 30.0 Å². The number of rotatable bonds is 8. The smallest absolute Gasteiger partial charge is 0.292 e. The second-order valence-corrected chi connectivity index (χ2v) is 13.5. The Morgan fingerprint density at radius 1 is 0.431 bits per heavy atom. The van der Waals surface area contributed by atoms with Crippen LogP contribution >= 0.6 is 0 Å². The first kappa shape index (κ1) is 52.9. The van der Waals surface area contributed by atoms with Gasteiger partial charge in [0.2, 0.25) is 6.08 Å². The predicted octanol–water partition coefficient (Wildman–Crippen LogP) is 15.4. The molecule has 8 aromatic carbocycles. The van der Waals surface area contributed by atoms with Crippen LogP contribution < -0.4 is 14.2 Å². The van der Waals surface area contributed by atoms with Crippen LogP contribution in [0, 0.1) is 34.6 Å². The molecule has 0 atom stereocenters. The maximum atomic E-state index is 10.1. The molecule has 65 heavy (non-hydrogen) atoms. The van der Waals surface area contributed by atoms with E-state index >= 15 is 0 Å². The number of isocyanates is 1. The van der Waals surface area contributed by atoms with Crippen LogP contribution in [-0.2, 0) is 30.5 Å². The van der Waals surface area contributed by atoms with E-state index < -0.39 is 0 Å². The Hall–Kier alpha value is -8.21. The third-order valence-electron chi connectivity index (χ3n) is 9.62. The summed E-state index contributed by atoms with van der Waals surface area (Å²) in [7, 11) is 0. The van der Waals surface area contributed by atoms with Crippen LogP contribution in [0.1, 0.15) is 71.2 Å². The lowest BCUT2D eigenvalue weighted by atomic mass is 10.1. The van der Waals surface area contributed by atoms with E-state index in [9.17, 15) is 4.79 Å². The van der Waals surface area contributed by atoms with Crippen LogP contribution in [0.3, 0.4) is 0 Å². The molecule has 0 bridgehead atoms. The van der Waals surface area contributed by atoms with Gasteiger partial charge in [0.25, 0.3) is 18.8 Å². The Bertz CT molecular complexity index is 2620. The van der Waals surface area contributed by atoms with Crippen molar-refractivity contribution in [1.82, 2.24) is 0 Å². The third-order valence-corrected chi connectivity index (χ3v) is 9.62. The first-order valence-corrected chi connectivity index (χ1v) is 21.3. The fraction of sp³-hybridized carbons (Fsp3) is 0.193. The number of hydrogen-bond donors (Lipinski definition) is 0. The van der Waals surface area contributed by atoms with Gasteiger partial charge in [0.05, 0.1) is 5.69 Å². The van der Waals surface area contributed by atoms with Gasteiger partial charge in [-0.2, -0.15) is 4.99 Å². The first-order chi connectivity index (χ1) is 31.4. The van der Waals surface area contributed by atoms with Gasteiger partial charge in [-0.25, -0.2) is 4.79 Å². The van der Waals surface area contributed by atoms with Crippen molar-refractivity contribution < 1.29 is 19.0 Å². The summed E-state index contributed by atoms with van der Waals surface area (Å²) in [5, 5.41) is 31.1. The van der Waals surface area contributed by atoms with Crippen LogP contribution in [0.15, 0.2) is 175 Å². The second-order valence-electron chi connectivity index (χ2n) is 13.5.